The van der Waals surface area contributed by atoms with Crippen LogP contribution in [-0.2, 0) is 6.54 Å². The van der Waals surface area contributed by atoms with Crippen molar-refractivity contribution in [1.29, 1.82) is 0 Å². The van der Waals surface area contributed by atoms with Crippen LogP contribution in [0.15, 0.2) is 12.3 Å². The molecule has 98 valence electrons. The van der Waals surface area contributed by atoms with Crippen molar-refractivity contribution in [3.05, 3.63) is 18.0 Å². The lowest BCUT2D eigenvalue weighted by Gasteiger charge is -2.09. The van der Waals surface area contributed by atoms with Crippen LogP contribution < -0.4 is 5.32 Å². The van der Waals surface area contributed by atoms with Gasteiger partial charge in [0.05, 0.1) is 5.69 Å². The normalized spacial score (nSPS) is 14.8. The average molecular weight is 258 g/mol. The molecule has 1 heterocycles. The topological polar surface area (TPSA) is 29.9 Å². The molecule has 1 N–H and O–H groups in total. The van der Waals surface area contributed by atoms with Crippen LogP contribution in [0.25, 0.3) is 0 Å². The molecule has 1 aromatic heterocycles. The predicted molar refractivity (Wildman–Crippen MR) is 73.5 cm³/mol. The summed E-state index contributed by atoms with van der Waals surface area (Å²) in [5, 5.41) is 8.12. The third-order valence-electron chi connectivity index (χ3n) is 2.98. The monoisotopic (exact) mass is 257 g/mol. The zero-order valence-corrected chi connectivity index (χ0v) is 11.9. The van der Waals surface area contributed by atoms with Gasteiger partial charge in [-0.2, -0.15) is 5.10 Å². The fourth-order valence-corrected chi connectivity index (χ4v) is 2.00. The minimum absolute atomic E-state index is 0.233. The summed E-state index contributed by atoms with van der Waals surface area (Å²) in [6.07, 6.45) is 5.36. The van der Waals surface area contributed by atoms with E-state index < -0.39 is 0 Å². The van der Waals surface area contributed by atoms with Crippen molar-refractivity contribution >= 4 is 11.6 Å². The molecule has 0 spiro atoms. The summed E-state index contributed by atoms with van der Waals surface area (Å²) in [6.45, 7) is 8.17. The minimum Gasteiger partial charge on any atom is -0.310 e. The number of nitrogens with zero attached hydrogens (tertiary/aromatic N) is 2. The molecule has 0 fully saturated rings. The Morgan fingerprint density at radius 2 is 2.24 bits per heavy atom. The van der Waals surface area contributed by atoms with E-state index in [0.29, 0.717) is 6.04 Å². The largest absolute Gasteiger partial charge is 0.310 e. The van der Waals surface area contributed by atoms with Gasteiger partial charge in [-0.3, -0.25) is 4.68 Å². The first-order valence-corrected chi connectivity index (χ1v) is 6.99. The number of hydrogen-bond acceptors (Lipinski definition) is 2. The highest BCUT2D eigenvalue weighted by Crippen LogP contribution is 2.09. The third kappa shape index (κ3) is 5.09. The first-order chi connectivity index (χ1) is 8.17. The molecule has 0 aliphatic heterocycles. The van der Waals surface area contributed by atoms with Crippen LogP contribution in [-0.4, -0.2) is 21.7 Å². The molecule has 0 bridgehead atoms. The van der Waals surface area contributed by atoms with E-state index in [-0.39, 0.29) is 5.38 Å². The average Bonchev–Trinajstić information content (AvgIpc) is 2.77. The Bertz CT molecular complexity index is 311. The van der Waals surface area contributed by atoms with Gasteiger partial charge in [0.2, 0.25) is 0 Å². The standard InChI is InChI=1S/C13H24ClN3/c1-4-6-12(14)9-15-10-13-7-8-17(16-13)11(3)5-2/h7-8,11-12,15H,4-6,9-10H2,1-3H3. The Hall–Kier alpha value is -0.540. The fourth-order valence-electron chi connectivity index (χ4n) is 1.68. The van der Waals surface area contributed by atoms with E-state index in [4.69, 9.17) is 11.6 Å². The molecule has 2 unspecified atom stereocenters. The van der Waals surface area contributed by atoms with Gasteiger partial charge < -0.3 is 5.32 Å². The summed E-state index contributed by atoms with van der Waals surface area (Å²) >= 11 is 6.14. The van der Waals surface area contributed by atoms with Crippen LogP contribution in [0, 0.1) is 0 Å². The number of aromatic nitrogens is 2. The molecular formula is C13H24ClN3. The lowest BCUT2D eigenvalue weighted by atomic mass is 10.2. The zero-order chi connectivity index (χ0) is 12.7. The van der Waals surface area contributed by atoms with Crippen LogP contribution in [0.2, 0.25) is 0 Å². The van der Waals surface area contributed by atoms with Crippen molar-refractivity contribution in [2.24, 2.45) is 0 Å². The maximum atomic E-state index is 6.14. The van der Waals surface area contributed by atoms with E-state index in [0.717, 1.165) is 38.0 Å². The zero-order valence-electron chi connectivity index (χ0n) is 11.1. The van der Waals surface area contributed by atoms with Crippen LogP contribution in [0.5, 0.6) is 0 Å². The van der Waals surface area contributed by atoms with Gasteiger partial charge in [0, 0.05) is 30.7 Å². The van der Waals surface area contributed by atoms with Crippen molar-refractivity contribution in [2.45, 2.75) is 58.0 Å². The Morgan fingerprint density at radius 3 is 2.88 bits per heavy atom. The van der Waals surface area contributed by atoms with E-state index in [2.05, 4.69) is 43.4 Å². The molecule has 4 heteroatoms. The molecule has 0 saturated carbocycles. The summed E-state index contributed by atoms with van der Waals surface area (Å²) in [4.78, 5) is 0. The van der Waals surface area contributed by atoms with Gasteiger partial charge >= 0.3 is 0 Å². The van der Waals surface area contributed by atoms with E-state index in [1.165, 1.54) is 0 Å². The Labute approximate surface area is 110 Å². The van der Waals surface area contributed by atoms with Gasteiger partial charge in [-0.25, -0.2) is 0 Å². The number of nitrogens with one attached hydrogen (secondary N) is 1. The smallest absolute Gasteiger partial charge is 0.0762 e. The van der Waals surface area contributed by atoms with E-state index >= 15 is 0 Å². The SMILES string of the molecule is CCCC(Cl)CNCc1ccn(C(C)CC)n1. The highest BCUT2D eigenvalue weighted by Gasteiger charge is 2.06. The number of rotatable bonds is 8. The fraction of sp³-hybridized carbons (Fsp3) is 0.769. The van der Waals surface area contributed by atoms with Crippen molar-refractivity contribution in [2.75, 3.05) is 6.54 Å². The Balaban J connectivity index is 2.30. The predicted octanol–water partition coefficient (Wildman–Crippen LogP) is 3.35. The summed E-state index contributed by atoms with van der Waals surface area (Å²) < 4.78 is 2.03. The van der Waals surface area contributed by atoms with E-state index in [9.17, 15) is 0 Å². The second kappa shape index (κ2) is 7.72. The Kier molecular flexibility index (Phi) is 6.60. The molecule has 0 radical (unpaired) electrons. The summed E-state index contributed by atoms with van der Waals surface area (Å²) in [5.41, 5.74) is 1.09. The number of alkyl halides is 1. The highest BCUT2D eigenvalue weighted by molar-refractivity contribution is 6.20. The van der Waals surface area contributed by atoms with Gasteiger partial charge in [-0.05, 0) is 25.8 Å². The second-order valence-electron chi connectivity index (χ2n) is 4.56. The third-order valence-corrected chi connectivity index (χ3v) is 3.35. The van der Waals surface area contributed by atoms with E-state index in [1.54, 1.807) is 0 Å². The molecule has 3 nitrogen and oxygen atoms in total. The molecule has 1 aromatic rings. The quantitative estimate of drug-likeness (QED) is 0.724. The minimum atomic E-state index is 0.233. The maximum absolute atomic E-state index is 6.14. The summed E-state index contributed by atoms with van der Waals surface area (Å²) in [5.74, 6) is 0. The summed E-state index contributed by atoms with van der Waals surface area (Å²) in [6, 6.07) is 2.55. The Morgan fingerprint density at radius 1 is 1.47 bits per heavy atom. The van der Waals surface area contributed by atoms with Crippen molar-refractivity contribution < 1.29 is 0 Å². The molecule has 0 aliphatic rings. The van der Waals surface area contributed by atoms with Crippen LogP contribution in [0.3, 0.4) is 0 Å². The first kappa shape index (κ1) is 14.5. The first-order valence-electron chi connectivity index (χ1n) is 6.56. The lowest BCUT2D eigenvalue weighted by molar-refractivity contribution is 0.471. The molecule has 0 aliphatic carbocycles. The molecule has 17 heavy (non-hydrogen) atoms. The molecule has 1 rings (SSSR count). The molecule has 0 saturated heterocycles. The molecule has 2 atom stereocenters. The molecular weight excluding hydrogens is 234 g/mol. The van der Waals surface area contributed by atoms with Crippen molar-refractivity contribution in [3.8, 4) is 0 Å². The van der Waals surface area contributed by atoms with Crippen molar-refractivity contribution in [1.82, 2.24) is 15.1 Å². The van der Waals surface area contributed by atoms with Gasteiger partial charge in [0.1, 0.15) is 0 Å². The number of halogens is 1. The molecule has 0 amide bonds. The van der Waals surface area contributed by atoms with Crippen LogP contribution >= 0.6 is 11.6 Å². The summed E-state index contributed by atoms with van der Waals surface area (Å²) in [7, 11) is 0. The highest BCUT2D eigenvalue weighted by atomic mass is 35.5. The molecule has 0 aromatic carbocycles. The number of hydrogen-bond donors (Lipinski definition) is 1. The van der Waals surface area contributed by atoms with Gasteiger partial charge in [0.25, 0.3) is 0 Å². The lowest BCUT2D eigenvalue weighted by Crippen LogP contribution is -2.23. The van der Waals surface area contributed by atoms with Crippen LogP contribution in [0.1, 0.15) is 51.8 Å². The van der Waals surface area contributed by atoms with Crippen molar-refractivity contribution in [3.63, 3.8) is 0 Å². The maximum Gasteiger partial charge on any atom is 0.0762 e. The van der Waals surface area contributed by atoms with Gasteiger partial charge in [0.15, 0.2) is 0 Å². The second-order valence-corrected chi connectivity index (χ2v) is 5.18. The van der Waals surface area contributed by atoms with Gasteiger partial charge in [-0.1, -0.05) is 20.3 Å². The van der Waals surface area contributed by atoms with Crippen LogP contribution in [0.4, 0.5) is 0 Å². The van der Waals surface area contributed by atoms with Gasteiger partial charge in [-0.15, -0.1) is 11.6 Å². The van der Waals surface area contributed by atoms with E-state index in [1.807, 2.05) is 4.68 Å².